The lowest BCUT2D eigenvalue weighted by Gasteiger charge is -2.10. The Morgan fingerprint density at radius 1 is 1.44 bits per heavy atom. The molecule has 0 radical (unpaired) electrons. The maximum absolute atomic E-state index is 11.9. The molecule has 18 heavy (non-hydrogen) atoms. The molecule has 0 aliphatic carbocycles. The number of hydrogen-bond donors (Lipinski definition) is 2. The van der Waals surface area contributed by atoms with Gasteiger partial charge in [-0.3, -0.25) is 0 Å². The number of aryl methyl sites for hydroxylation is 1. The predicted octanol–water partition coefficient (Wildman–Crippen LogP) is 2.17. The number of amidine groups is 1. The Morgan fingerprint density at radius 3 is 2.61 bits per heavy atom. The van der Waals surface area contributed by atoms with Crippen LogP contribution in [-0.2, 0) is 11.3 Å². The van der Waals surface area contributed by atoms with E-state index in [1.54, 1.807) is 25.1 Å². The molecule has 0 saturated heterocycles. The maximum atomic E-state index is 11.9. The van der Waals surface area contributed by atoms with Crippen molar-refractivity contribution < 1.29 is 23.1 Å². The van der Waals surface area contributed by atoms with Gasteiger partial charge in [-0.1, -0.05) is 17.3 Å². The Bertz CT molecular complexity index is 444. The van der Waals surface area contributed by atoms with Crippen LogP contribution in [0.2, 0.25) is 0 Å². The summed E-state index contributed by atoms with van der Waals surface area (Å²) in [6.07, 6.45) is -4.33. The average molecular weight is 262 g/mol. The van der Waals surface area contributed by atoms with Crippen molar-refractivity contribution in [3.8, 4) is 0 Å². The third-order valence-electron chi connectivity index (χ3n) is 2.27. The fourth-order valence-corrected chi connectivity index (χ4v) is 1.35. The van der Waals surface area contributed by atoms with E-state index in [1.165, 1.54) is 0 Å². The van der Waals surface area contributed by atoms with E-state index in [2.05, 4.69) is 9.89 Å². The molecule has 1 aromatic rings. The summed E-state index contributed by atoms with van der Waals surface area (Å²) in [6, 6.07) is 4.74. The molecule has 0 fully saturated rings. The molecule has 100 valence electrons. The van der Waals surface area contributed by atoms with Gasteiger partial charge in [-0.05, 0) is 24.1 Å². The van der Waals surface area contributed by atoms with Gasteiger partial charge < -0.3 is 15.7 Å². The van der Waals surface area contributed by atoms with Crippen molar-refractivity contribution in [2.45, 2.75) is 19.7 Å². The SMILES string of the molecule is Cc1cc(/C(N)=N/O)ccc1COCC(F)(F)F. The molecule has 1 aromatic carbocycles. The lowest BCUT2D eigenvalue weighted by Crippen LogP contribution is -2.17. The second kappa shape index (κ2) is 5.72. The second-order valence-corrected chi connectivity index (χ2v) is 3.73. The first-order valence-corrected chi connectivity index (χ1v) is 5.05. The van der Waals surface area contributed by atoms with Crippen LogP contribution >= 0.6 is 0 Å². The summed E-state index contributed by atoms with van der Waals surface area (Å²) in [7, 11) is 0. The molecule has 3 N–H and O–H groups in total. The van der Waals surface area contributed by atoms with E-state index in [0.717, 1.165) is 0 Å². The van der Waals surface area contributed by atoms with Crippen molar-refractivity contribution in [2.24, 2.45) is 10.9 Å². The van der Waals surface area contributed by atoms with Crippen molar-refractivity contribution in [2.75, 3.05) is 6.61 Å². The molecule has 0 aliphatic heterocycles. The monoisotopic (exact) mass is 262 g/mol. The van der Waals surface area contributed by atoms with E-state index in [1.807, 2.05) is 0 Å². The third kappa shape index (κ3) is 4.25. The van der Waals surface area contributed by atoms with E-state index in [9.17, 15) is 13.2 Å². The van der Waals surface area contributed by atoms with Crippen LogP contribution in [0.15, 0.2) is 23.4 Å². The maximum Gasteiger partial charge on any atom is 0.411 e. The van der Waals surface area contributed by atoms with Gasteiger partial charge in [0.2, 0.25) is 0 Å². The van der Waals surface area contributed by atoms with E-state index in [-0.39, 0.29) is 12.4 Å². The Kier molecular flexibility index (Phi) is 4.55. The van der Waals surface area contributed by atoms with Crippen LogP contribution in [0.5, 0.6) is 0 Å². The number of alkyl halides is 3. The zero-order valence-electron chi connectivity index (χ0n) is 9.66. The van der Waals surface area contributed by atoms with Crippen LogP contribution in [-0.4, -0.2) is 23.8 Å². The molecule has 0 heterocycles. The van der Waals surface area contributed by atoms with Crippen LogP contribution in [0.1, 0.15) is 16.7 Å². The first-order valence-electron chi connectivity index (χ1n) is 5.05. The molecule has 1 rings (SSSR count). The standard InChI is InChI=1S/C11H13F3N2O2/c1-7-4-8(10(15)16-17)2-3-9(7)5-18-6-11(12,13)14/h2-4,17H,5-6H2,1H3,(H2,15,16). The molecule has 4 nitrogen and oxygen atoms in total. The number of nitrogens with zero attached hydrogens (tertiary/aromatic N) is 1. The highest BCUT2D eigenvalue weighted by molar-refractivity contribution is 5.97. The molecule has 0 spiro atoms. The summed E-state index contributed by atoms with van der Waals surface area (Å²) < 4.78 is 40.2. The molecule has 0 bridgehead atoms. The highest BCUT2D eigenvalue weighted by atomic mass is 19.4. The van der Waals surface area contributed by atoms with Gasteiger partial charge in [0.1, 0.15) is 6.61 Å². The van der Waals surface area contributed by atoms with Gasteiger partial charge in [0, 0.05) is 5.56 Å². The van der Waals surface area contributed by atoms with Crippen LogP contribution < -0.4 is 5.73 Å². The average Bonchev–Trinajstić information content (AvgIpc) is 2.28. The van der Waals surface area contributed by atoms with Crippen LogP contribution in [0.25, 0.3) is 0 Å². The summed E-state index contributed by atoms with van der Waals surface area (Å²) >= 11 is 0. The van der Waals surface area contributed by atoms with E-state index in [4.69, 9.17) is 10.9 Å². The Hall–Kier alpha value is -1.76. The Labute approximate surface area is 102 Å². The number of halogens is 3. The summed E-state index contributed by atoms with van der Waals surface area (Å²) in [5, 5.41) is 11.3. The number of rotatable bonds is 4. The highest BCUT2D eigenvalue weighted by Gasteiger charge is 2.27. The summed E-state index contributed by atoms with van der Waals surface area (Å²) in [5.74, 6) is -0.0548. The topological polar surface area (TPSA) is 67.8 Å². The lowest BCUT2D eigenvalue weighted by atomic mass is 10.1. The minimum absolute atomic E-state index is 0.0548. The smallest absolute Gasteiger partial charge is 0.409 e. The van der Waals surface area contributed by atoms with E-state index < -0.39 is 12.8 Å². The summed E-state index contributed by atoms with van der Waals surface area (Å²) in [5.41, 5.74) is 7.21. The third-order valence-corrected chi connectivity index (χ3v) is 2.27. The molecule has 0 amide bonds. The molecule has 0 aromatic heterocycles. The number of hydrogen-bond acceptors (Lipinski definition) is 3. The first kappa shape index (κ1) is 14.3. The van der Waals surface area contributed by atoms with Gasteiger partial charge in [-0.2, -0.15) is 13.2 Å². The second-order valence-electron chi connectivity index (χ2n) is 3.73. The lowest BCUT2D eigenvalue weighted by molar-refractivity contribution is -0.176. The fraction of sp³-hybridized carbons (Fsp3) is 0.364. The molecule has 0 atom stereocenters. The summed E-state index contributed by atoms with van der Waals surface area (Å²) in [6.45, 7) is 0.288. The van der Waals surface area contributed by atoms with Crippen molar-refractivity contribution in [1.82, 2.24) is 0 Å². The summed E-state index contributed by atoms with van der Waals surface area (Å²) in [4.78, 5) is 0. The Balaban J connectivity index is 2.69. The van der Waals surface area contributed by atoms with E-state index in [0.29, 0.717) is 16.7 Å². The van der Waals surface area contributed by atoms with Gasteiger partial charge >= 0.3 is 6.18 Å². The molecular weight excluding hydrogens is 249 g/mol. The molecule has 0 unspecified atom stereocenters. The zero-order valence-corrected chi connectivity index (χ0v) is 9.66. The number of oxime groups is 1. The van der Waals surface area contributed by atoms with Gasteiger partial charge in [-0.15, -0.1) is 0 Å². The quantitative estimate of drug-likeness (QED) is 0.378. The predicted molar refractivity (Wildman–Crippen MR) is 59.4 cm³/mol. The van der Waals surface area contributed by atoms with Gasteiger partial charge in [0.05, 0.1) is 6.61 Å². The van der Waals surface area contributed by atoms with Crippen molar-refractivity contribution in [3.63, 3.8) is 0 Å². The van der Waals surface area contributed by atoms with Gasteiger partial charge in [-0.25, -0.2) is 0 Å². The number of benzene rings is 1. The highest BCUT2D eigenvalue weighted by Crippen LogP contribution is 2.17. The molecule has 0 aliphatic rings. The van der Waals surface area contributed by atoms with E-state index >= 15 is 0 Å². The van der Waals surface area contributed by atoms with Crippen molar-refractivity contribution in [3.05, 3.63) is 34.9 Å². The minimum atomic E-state index is -4.33. The molecule has 7 heteroatoms. The largest absolute Gasteiger partial charge is 0.411 e. The normalized spacial score (nSPS) is 12.8. The van der Waals surface area contributed by atoms with Crippen LogP contribution in [0.3, 0.4) is 0 Å². The van der Waals surface area contributed by atoms with Crippen LogP contribution in [0, 0.1) is 6.92 Å². The molecular formula is C11H13F3N2O2. The Morgan fingerprint density at radius 2 is 2.11 bits per heavy atom. The van der Waals surface area contributed by atoms with Crippen molar-refractivity contribution in [1.29, 1.82) is 0 Å². The van der Waals surface area contributed by atoms with Crippen molar-refractivity contribution >= 4 is 5.84 Å². The minimum Gasteiger partial charge on any atom is -0.409 e. The fourth-order valence-electron chi connectivity index (χ4n) is 1.35. The first-order chi connectivity index (χ1) is 8.33. The van der Waals surface area contributed by atoms with Gasteiger partial charge in [0.25, 0.3) is 0 Å². The number of nitrogens with two attached hydrogens (primary N) is 1. The van der Waals surface area contributed by atoms with Crippen LogP contribution in [0.4, 0.5) is 13.2 Å². The number of ether oxygens (including phenoxy) is 1. The molecule has 0 saturated carbocycles. The zero-order chi connectivity index (χ0) is 13.8. The van der Waals surface area contributed by atoms with Gasteiger partial charge in [0.15, 0.2) is 5.84 Å².